The molecule has 0 saturated carbocycles. The number of carbonyl (C=O) groups excluding carboxylic acids is 2. The quantitative estimate of drug-likeness (QED) is 0.749. The Morgan fingerprint density at radius 1 is 0.909 bits per heavy atom. The van der Waals surface area contributed by atoms with Gasteiger partial charge in [-0.25, -0.2) is 0 Å². The molecule has 22 heavy (non-hydrogen) atoms. The van der Waals surface area contributed by atoms with E-state index in [0.29, 0.717) is 11.1 Å². The lowest BCUT2D eigenvalue weighted by atomic mass is 9.77. The van der Waals surface area contributed by atoms with Crippen LogP contribution >= 0.6 is 0 Å². The Bertz CT molecular complexity index is 595. The SMILES string of the molecule is CN1C(C)(C)CC(N2C(=O)c3ccccc3C2=O)CC1(C)C. The first-order valence-electron chi connectivity index (χ1n) is 7.86. The van der Waals surface area contributed by atoms with E-state index >= 15 is 0 Å². The molecule has 1 fully saturated rings. The van der Waals surface area contributed by atoms with Gasteiger partial charge >= 0.3 is 0 Å². The highest BCUT2D eigenvalue weighted by atomic mass is 16.2. The molecule has 0 aromatic heterocycles. The first kappa shape index (κ1) is 15.2. The molecule has 0 atom stereocenters. The summed E-state index contributed by atoms with van der Waals surface area (Å²) in [6.07, 6.45) is 1.61. The average molecular weight is 300 g/mol. The van der Waals surface area contributed by atoms with Crippen molar-refractivity contribution >= 4 is 11.8 Å². The minimum atomic E-state index is -0.137. The zero-order valence-electron chi connectivity index (χ0n) is 14.0. The highest BCUT2D eigenvalue weighted by Crippen LogP contribution is 2.40. The molecule has 1 saturated heterocycles. The maximum Gasteiger partial charge on any atom is 0.261 e. The molecule has 0 N–H and O–H groups in total. The molecule has 3 rings (SSSR count). The van der Waals surface area contributed by atoms with Crippen LogP contribution in [0.5, 0.6) is 0 Å². The fraction of sp³-hybridized carbons (Fsp3) is 0.556. The highest BCUT2D eigenvalue weighted by Gasteiger charge is 2.49. The number of carbonyl (C=O) groups is 2. The third-order valence-electron chi connectivity index (χ3n) is 5.48. The van der Waals surface area contributed by atoms with Crippen LogP contribution in [0, 0.1) is 0 Å². The van der Waals surface area contributed by atoms with Crippen molar-refractivity contribution in [3.05, 3.63) is 35.4 Å². The number of likely N-dealkylation sites (tertiary alicyclic amines) is 1. The maximum atomic E-state index is 12.7. The van der Waals surface area contributed by atoms with Gasteiger partial charge in [0.1, 0.15) is 0 Å². The van der Waals surface area contributed by atoms with Crippen LogP contribution in [0.15, 0.2) is 24.3 Å². The summed E-state index contributed by atoms with van der Waals surface area (Å²) in [5.41, 5.74) is 0.979. The van der Waals surface area contributed by atoms with Crippen molar-refractivity contribution in [2.45, 2.75) is 57.7 Å². The molecule has 4 nitrogen and oxygen atoms in total. The Kier molecular flexibility index (Phi) is 3.22. The zero-order chi connectivity index (χ0) is 16.3. The number of benzene rings is 1. The smallest absolute Gasteiger partial charge is 0.261 e. The standard InChI is InChI=1S/C18H24N2O2/c1-17(2)10-12(11-18(3,4)19(17)5)20-15(21)13-8-6-7-9-14(13)16(20)22/h6-9,12H,10-11H2,1-5H3. The second kappa shape index (κ2) is 4.66. The van der Waals surface area contributed by atoms with Gasteiger partial charge in [0.05, 0.1) is 11.1 Å². The lowest BCUT2D eigenvalue weighted by Gasteiger charge is -2.54. The summed E-state index contributed by atoms with van der Waals surface area (Å²) in [5.74, 6) is -0.275. The van der Waals surface area contributed by atoms with Crippen LogP contribution in [0.1, 0.15) is 61.3 Å². The van der Waals surface area contributed by atoms with E-state index in [1.54, 1.807) is 12.1 Å². The summed E-state index contributed by atoms with van der Waals surface area (Å²) < 4.78 is 0. The third-order valence-corrected chi connectivity index (χ3v) is 5.48. The summed E-state index contributed by atoms with van der Waals surface area (Å²) in [4.78, 5) is 29.3. The maximum absolute atomic E-state index is 12.7. The first-order chi connectivity index (χ1) is 10.1. The molecule has 0 unspecified atom stereocenters. The molecule has 1 aromatic rings. The van der Waals surface area contributed by atoms with Crippen molar-refractivity contribution < 1.29 is 9.59 Å². The second-order valence-electron chi connectivity index (χ2n) is 7.77. The number of nitrogens with zero attached hydrogens (tertiary/aromatic N) is 2. The number of hydrogen-bond acceptors (Lipinski definition) is 3. The van der Waals surface area contributed by atoms with Crippen LogP contribution in [0.25, 0.3) is 0 Å². The van der Waals surface area contributed by atoms with E-state index in [4.69, 9.17) is 0 Å². The molecule has 0 radical (unpaired) electrons. The highest BCUT2D eigenvalue weighted by molar-refractivity contribution is 6.21. The van der Waals surface area contributed by atoms with Gasteiger partial charge in [-0.3, -0.25) is 19.4 Å². The van der Waals surface area contributed by atoms with Crippen molar-refractivity contribution in [2.24, 2.45) is 0 Å². The van der Waals surface area contributed by atoms with E-state index in [1.807, 2.05) is 12.1 Å². The van der Waals surface area contributed by atoms with Crippen LogP contribution in [-0.2, 0) is 0 Å². The monoisotopic (exact) mass is 300 g/mol. The summed E-state index contributed by atoms with van der Waals surface area (Å²) in [5, 5.41) is 0. The largest absolute Gasteiger partial charge is 0.296 e. The first-order valence-corrected chi connectivity index (χ1v) is 7.86. The van der Waals surface area contributed by atoms with Gasteiger partial charge in [-0.2, -0.15) is 0 Å². The number of piperidine rings is 1. The van der Waals surface area contributed by atoms with Gasteiger partial charge in [-0.15, -0.1) is 0 Å². The van der Waals surface area contributed by atoms with Crippen LogP contribution in [0.3, 0.4) is 0 Å². The zero-order valence-corrected chi connectivity index (χ0v) is 14.0. The predicted molar refractivity (Wildman–Crippen MR) is 85.9 cm³/mol. The molecule has 0 spiro atoms. The van der Waals surface area contributed by atoms with Gasteiger partial charge in [-0.05, 0) is 59.7 Å². The van der Waals surface area contributed by atoms with E-state index in [0.717, 1.165) is 12.8 Å². The average Bonchev–Trinajstić information content (AvgIpc) is 2.68. The van der Waals surface area contributed by atoms with Crippen LogP contribution in [0.2, 0.25) is 0 Å². The minimum absolute atomic E-state index is 0.0476. The number of imide groups is 1. The van der Waals surface area contributed by atoms with E-state index in [1.165, 1.54) is 4.90 Å². The molecule has 2 aliphatic heterocycles. The van der Waals surface area contributed by atoms with E-state index in [9.17, 15) is 9.59 Å². The van der Waals surface area contributed by atoms with Crippen molar-refractivity contribution in [2.75, 3.05) is 7.05 Å². The van der Waals surface area contributed by atoms with Crippen molar-refractivity contribution in [1.82, 2.24) is 9.80 Å². The Morgan fingerprint density at radius 3 is 1.73 bits per heavy atom. The van der Waals surface area contributed by atoms with Crippen LogP contribution in [0.4, 0.5) is 0 Å². The topological polar surface area (TPSA) is 40.6 Å². The van der Waals surface area contributed by atoms with Crippen LogP contribution < -0.4 is 0 Å². The summed E-state index contributed by atoms with van der Waals surface area (Å²) in [6.45, 7) is 8.72. The second-order valence-corrected chi connectivity index (χ2v) is 7.77. The predicted octanol–water partition coefficient (Wildman–Crippen LogP) is 2.93. The Morgan fingerprint density at radius 2 is 1.32 bits per heavy atom. The normalized spacial score (nSPS) is 24.7. The molecular weight excluding hydrogens is 276 g/mol. The van der Waals surface area contributed by atoms with E-state index in [-0.39, 0.29) is 28.9 Å². The number of rotatable bonds is 1. The van der Waals surface area contributed by atoms with Gasteiger partial charge in [0.2, 0.25) is 0 Å². The molecular formula is C18H24N2O2. The fourth-order valence-corrected chi connectivity index (χ4v) is 4.04. The molecule has 1 aromatic carbocycles. The van der Waals surface area contributed by atoms with E-state index < -0.39 is 0 Å². The Labute approximate surface area is 132 Å². The lowest BCUT2D eigenvalue weighted by Crippen LogP contribution is -2.63. The fourth-order valence-electron chi connectivity index (χ4n) is 4.04. The summed E-state index contributed by atoms with van der Waals surface area (Å²) in [7, 11) is 2.12. The number of amides is 2. The Balaban J connectivity index is 1.96. The van der Waals surface area contributed by atoms with Gasteiger partial charge < -0.3 is 0 Å². The number of hydrogen-bond donors (Lipinski definition) is 0. The van der Waals surface area contributed by atoms with Crippen molar-refractivity contribution in [3.63, 3.8) is 0 Å². The minimum Gasteiger partial charge on any atom is -0.296 e. The van der Waals surface area contributed by atoms with Crippen LogP contribution in [-0.4, -0.2) is 45.8 Å². The van der Waals surface area contributed by atoms with Gasteiger partial charge in [-0.1, -0.05) is 12.1 Å². The molecule has 2 heterocycles. The lowest BCUT2D eigenvalue weighted by molar-refractivity contribution is -0.0362. The number of fused-ring (bicyclic) bond motifs is 1. The summed E-state index contributed by atoms with van der Waals surface area (Å²) >= 11 is 0. The Hall–Kier alpha value is -1.68. The molecule has 118 valence electrons. The van der Waals surface area contributed by atoms with Gasteiger partial charge in [0.15, 0.2) is 0 Å². The van der Waals surface area contributed by atoms with E-state index in [2.05, 4.69) is 39.6 Å². The molecule has 0 aliphatic carbocycles. The third kappa shape index (κ3) is 2.09. The molecule has 2 amide bonds. The molecule has 4 heteroatoms. The van der Waals surface area contributed by atoms with Gasteiger partial charge in [0.25, 0.3) is 11.8 Å². The molecule has 0 bridgehead atoms. The molecule has 2 aliphatic rings. The van der Waals surface area contributed by atoms with Crippen molar-refractivity contribution in [1.29, 1.82) is 0 Å². The van der Waals surface area contributed by atoms with Gasteiger partial charge in [0, 0.05) is 17.1 Å². The van der Waals surface area contributed by atoms with Crippen molar-refractivity contribution in [3.8, 4) is 0 Å². The summed E-state index contributed by atoms with van der Waals surface area (Å²) in [6, 6.07) is 7.09.